The number of alkyl halides is 3. The van der Waals surface area contributed by atoms with Crippen LogP contribution < -0.4 is 15.0 Å². The number of hydrogen-bond donors (Lipinski definition) is 2. The third-order valence-corrected chi connectivity index (χ3v) is 4.95. The van der Waals surface area contributed by atoms with Gasteiger partial charge in [-0.25, -0.2) is 9.50 Å². The van der Waals surface area contributed by atoms with Gasteiger partial charge in [-0.15, -0.1) is 18.3 Å². The topological polar surface area (TPSA) is 92.7 Å². The summed E-state index contributed by atoms with van der Waals surface area (Å²) in [6.07, 6.45) is 2.49. The van der Waals surface area contributed by atoms with E-state index in [-0.39, 0.29) is 5.75 Å². The molecule has 1 aliphatic rings. The molecular weight excluding hydrogens is 439 g/mol. The maximum atomic E-state index is 12.5. The number of aliphatic hydroxyl groups is 1. The molecule has 4 heterocycles. The number of fused-ring (bicyclic) bond motifs is 1. The molecule has 5 rings (SSSR count). The van der Waals surface area contributed by atoms with Gasteiger partial charge in [0.05, 0.1) is 11.9 Å². The number of anilines is 3. The Kier molecular flexibility index (Phi) is 6.36. The molecule has 174 valence electrons. The quantitative estimate of drug-likeness (QED) is 0.467. The normalized spacial score (nSPS) is 13.7. The van der Waals surface area contributed by atoms with Crippen LogP contribution in [-0.4, -0.2) is 55.8 Å². The number of ether oxygens (including phenoxy) is 1. The maximum Gasteiger partial charge on any atom is 0.573 e. The van der Waals surface area contributed by atoms with Crippen LogP contribution in [0.4, 0.5) is 30.8 Å². The molecule has 1 aliphatic heterocycles. The summed E-state index contributed by atoms with van der Waals surface area (Å²) >= 11 is 0. The number of benzene rings is 1. The predicted molar refractivity (Wildman–Crippen MR) is 116 cm³/mol. The first-order chi connectivity index (χ1) is 15.9. The van der Waals surface area contributed by atoms with Crippen LogP contribution in [0.15, 0.2) is 55.1 Å². The van der Waals surface area contributed by atoms with Gasteiger partial charge in [0.15, 0.2) is 11.6 Å². The molecule has 4 aromatic rings. The highest BCUT2D eigenvalue weighted by Gasteiger charge is 2.31. The van der Waals surface area contributed by atoms with Crippen LogP contribution in [0, 0.1) is 0 Å². The molecule has 0 bridgehead atoms. The highest BCUT2D eigenvalue weighted by molar-refractivity contribution is 5.70. The van der Waals surface area contributed by atoms with E-state index in [9.17, 15) is 13.2 Å². The molecule has 0 radical (unpaired) electrons. The summed E-state index contributed by atoms with van der Waals surface area (Å²) in [5.41, 5.74) is 1.40. The van der Waals surface area contributed by atoms with E-state index < -0.39 is 6.36 Å². The van der Waals surface area contributed by atoms with Gasteiger partial charge in [0.25, 0.3) is 0 Å². The first-order valence-electron chi connectivity index (χ1n) is 10.2. The van der Waals surface area contributed by atoms with Crippen LogP contribution in [0.2, 0.25) is 0 Å². The minimum atomic E-state index is -4.75. The first-order valence-corrected chi connectivity index (χ1v) is 10.2. The number of halogens is 3. The predicted octanol–water partition coefficient (Wildman–Crippen LogP) is 3.77. The molecule has 0 unspecified atom stereocenters. The zero-order valence-electron chi connectivity index (χ0n) is 17.7. The number of imidazole rings is 1. The second kappa shape index (κ2) is 9.36. The van der Waals surface area contributed by atoms with Crippen molar-refractivity contribution in [2.75, 3.05) is 30.4 Å². The van der Waals surface area contributed by atoms with Gasteiger partial charge in [0, 0.05) is 32.5 Å². The fraction of sp³-hybridized carbons (Fsp3) is 0.286. The summed E-state index contributed by atoms with van der Waals surface area (Å²) in [6, 6.07) is 9.55. The molecule has 0 saturated carbocycles. The summed E-state index contributed by atoms with van der Waals surface area (Å²) in [4.78, 5) is 11.2. The molecule has 12 heteroatoms. The lowest BCUT2D eigenvalue weighted by molar-refractivity contribution is -0.274. The van der Waals surface area contributed by atoms with Gasteiger partial charge < -0.3 is 24.6 Å². The van der Waals surface area contributed by atoms with E-state index in [0.717, 1.165) is 44.4 Å². The molecule has 9 nitrogen and oxygen atoms in total. The number of nitrogens with zero attached hydrogens (tertiary/aromatic N) is 6. The van der Waals surface area contributed by atoms with Gasteiger partial charge in [-0.2, -0.15) is 4.98 Å². The number of hydrogen-bond acceptors (Lipinski definition) is 7. The lowest BCUT2D eigenvalue weighted by Gasteiger charge is -2.18. The van der Waals surface area contributed by atoms with Crippen molar-refractivity contribution in [3.8, 4) is 11.4 Å². The van der Waals surface area contributed by atoms with E-state index in [1.165, 1.54) is 24.5 Å². The van der Waals surface area contributed by atoms with Gasteiger partial charge in [-0.3, -0.25) is 0 Å². The minimum absolute atomic E-state index is 0.301. The molecule has 1 saturated heterocycles. The highest BCUT2D eigenvalue weighted by Crippen LogP contribution is 2.27. The Bertz CT molecular complexity index is 1220. The number of rotatable bonds is 5. The molecule has 0 spiro atoms. The van der Waals surface area contributed by atoms with E-state index in [1.54, 1.807) is 21.3 Å². The molecule has 0 amide bonds. The Morgan fingerprint density at radius 3 is 2.64 bits per heavy atom. The summed E-state index contributed by atoms with van der Waals surface area (Å²) in [5.74, 6) is 1.40. The highest BCUT2D eigenvalue weighted by atomic mass is 19.4. The summed E-state index contributed by atoms with van der Waals surface area (Å²) < 4.78 is 44.8. The molecular formula is C21H22F3N7O2. The van der Waals surface area contributed by atoms with E-state index in [2.05, 4.69) is 30.0 Å². The summed E-state index contributed by atoms with van der Waals surface area (Å²) in [6.45, 7) is 1.89. The molecule has 1 fully saturated rings. The van der Waals surface area contributed by atoms with Crippen LogP contribution in [0.25, 0.3) is 11.2 Å². The van der Waals surface area contributed by atoms with Crippen LogP contribution in [-0.2, 0) is 0 Å². The Hall–Kier alpha value is -3.80. The van der Waals surface area contributed by atoms with Crippen molar-refractivity contribution in [2.24, 2.45) is 0 Å². The summed E-state index contributed by atoms with van der Waals surface area (Å²) in [7, 11) is 1.00. The average molecular weight is 461 g/mol. The second-order valence-electron chi connectivity index (χ2n) is 7.13. The van der Waals surface area contributed by atoms with E-state index in [4.69, 9.17) is 5.11 Å². The SMILES string of the molecule is CO.FC(F)(F)Oc1cccc(-n2cnc(Nc3nc(N4CCCC4)c4cccn4n3)c2)c1. The van der Waals surface area contributed by atoms with Crippen molar-refractivity contribution in [1.82, 2.24) is 24.1 Å². The average Bonchev–Trinajstić information content (AvgIpc) is 3.55. The Morgan fingerprint density at radius 2 is 1.88 bits per heavy atom. The van der Waals surface area contributed by atoms with Crippen LogP contribution in [0.5, 0.6) is 5.75 Å². The third kappa shape index (κ3) is 5.17. The van der Waals surface area contributed by atoms with Crippen molar-refractivity contribution in [2.45, 2.75) is 19.2 Å². The van der Waals surface area contributed by atoms with E-state index >= 15 is 0 Å². The van der Waals surface area contributed by atoms with Gasteiger partial charge in [0.2, 0.25) is 5.95 Å². The smallest absolute Gasteiger partial charge is 0.406 e. The maximum absolute atomic E-state index is 12.5. The minimum Gasteiger partial charge on any atom is -0.406 e. The second-order valence-corrected chi connectivity index (χ2v) is 7.13. The third-order valence-electron chi connectivity index (χ3n) is 4.95. The van der Waals surface area contributed by atoms with Crippen LogP contribution in [0.3, 0.4) is 0 Å². The molecule has 3 aromatic heterocycles. The van der Waals surface area contributed by atoms with E-state index in [1.807, 2.05) is 18.3 Å². The zero-order valence-corrected chi connectivity index (χ0v) is 17.7. The number of nitrogens with one attached hydrogen (secondary N) is 1. The van der Waals surface area contributed by atoms with Gasteiger partial charge in [-0.05, 0) is 37.1 Å². The first kappa shape index (κ1) is 22.4. The van der Waals surface area contributed by atoms with E-state index in [0.29, 0.717) is 17.5 Å². The lowest BCUT2D eigenvalue weighted by atomic mass is 10.3. The fourth-order valence-electron chi connectivity index (χ4n) is 3.62. The lowest BCUT2D eigenvalue weighted by Crippen LogP contribution is -2.21. The van der Waals surface area contributed by atoms with Crippen LogP contribution >= 0.6 is 0 Å². The largest absolute Gasteiger partial charge is 0.573 e. The molecule has 0 atom stereocenters. The molecule has 0 aliphatic carbocycles. The van der Waals surface area contributed by atoms with Crippen molar-refractivity contribution in [1.29, 1.82) is 0 Å². The fourth-order valence-corrected chi connectivity index (χ4v) is 3.62. The van der Waals surface area contributed by atoms with Crippen molar-refractivity contribution < 1.29 is 23.0 Å². The summed E-state index contributed by atoms with van der Waals surface area (Å²) in [5, 5.41) is 14.6. The van der Waals surface area contributed by atoms with Gasteiger partial charge in [-0.1, -0.05) is 6.07 Å². The molecule has 1 aromatic carbocycles. The van der Waals surface area contributed by atoms with Crippen LogP contribution in [0.1, 0.15) is 12.8 Å². The van der Waals surface area contributed by atoms with Crippen molar-refractivity contribution >= 4 is 23.1 Å². The van der Waals surface area contributed by atoms with Gasteiger partial charge in [0.1, 0.15) is 17.6 Å². The van der Waals surface area contributed by atoms with Crippen molar-refractivity contribution in [3.63, 3.8) is 0 Å². The standard InChI is InChI=1S/C20H18F3N7O.CH4O/c21-20(22,23)31-15-6-3-5-14(11-15)29-12-17(24-13-29)25-19-26-18(28-8-1-2-9-28)16-7-4-10-30(16)27-19;1-2/h3-7,10-13H,1-2,8-9H2,(H,25,27);2H,1H3. The number of aromatic nitrogens is 5. The molecule has 33 heavy (non-hydrogen) atoms. The number of aliphatic hydroxyl groups excluding tert-OH is 1. The Morgan fingerprint density at radius 1 is 1.09 bits per heavy atom. The monoisotopic (exact) mass is 461 g/mol. The van der Waals surface area contributed by atoms with Gasteiger partial charge >= 0.3 is 6.36 Å². The zero-order chi connectivity index (χ0) is 23.4. The Balaban J connectivity index is 0.00000126. The van der Waals surface area contributed by atoms with Crippen molar-refractivity contribution in [3.05, 3.63) is 55.1 Å². The molecule has 2 N–H and O–H groups in total. The Labute approximate surface area is 187 Å².